The first-order chi connectivity index (χ1) is 9.28. The summed E-state index contributed by atoms with van der Waals surface area (Å²) in [5.41, 5.74) is 0.0825. The number of rotatable bonds is 7. The molecule has 19 heavy (non-hydrogen) atoms. The number of ether oxygens (including phenoxy) is 2. The lowest BCUT2D eigenvalue weighted by molar-refractivity contribution is -0.117. The highest BCUT2D eigenvalue weighted by Crippen LogP contribution is 2.37. The maximum absolute atomic E-state index is 6.49. The fourth-order valence-corrected chi connectivity index (χ4v) is 3.40. The molecule has 112 valence electrons. The Labute approximate surface area is 118 Å². The number of hydrogen-bond acceptors (Lipinski definition) is 3. The van der Waals surface area contributed by atoms with E-state index in [1.165, 1.54) is 38.5 Å². The molecule has 2 rings (SSSR count). The molecule has 2 aliphatic rings. The van der Waals surface area contributed by atoms with E-state index in [2.05, 4.69) is 19.2 Å². The van der Waals surface area contributed by atoms with E-state index in [1.54, 1.807) is 0 Å². The zero-order valence-corrected chi connectivity index (χ0v) is 12.7. The Morgan fingerprint density at radius 1 is 1.21 bits per heavy atom. The third-order valence-corrected chi connectivity index (χ3v) is 4.77. The summed E-state index contributed by atoms with van der Waals surface area (Å²) in [6, 6.07) is 0. The third-order valence-electron chi connectivity index (χ3n) is 4.77. The second-order valence-corrected chi connectivity index (χ2v) is 6.31. The topological polar surface area (TPSA) is 30.5 Å². The molecule has 1 saturated carbocycles. The monoisotopic (exact) mass is 269 g/mol. The summed E-state index contributed by atoms with van der Waals surface area (Å²) >= 11 is 0. The molecule has 3 heteroatoms. The highest BCUT2D eigenvalue weighted by molar-refractivity contribution is 4.90. The van der Waals surface area contributed by atoms with Crippen molar-refractivity contribution < 1.29 is 9.47 Å². The van der Waals surface area contributed by atoms with Crippen LogP contribution in [0, 0.1) is 5.92 Å². The van der Waals surface area contributed by atoms with Gasteiger partial charge in [-0.2, -0.15) is 0 Å². The number of hydrogen-bond donors (Lipinski definition) is 1. The van der Waals surface area contributed by atoms with Crippen LogP contribution in [-0.4, -0.2) is 38.0 Å². The van der Waals surface area contributed by atoms with Crippen molar-refractivity contribution in [3.63, 3.8) is 0 Å². The van der Waals surface area contributed by atoms with Crippen LogP contribution in [0.2, 0.25) is 0 Å². The van der Waals surface area contributed by atoms with Crippen LogP contribution >= 0.6 is 0 Å². The minimum atomic E-state index is 0.0825. The van der Waals surface area contributed by atoms with Gasteiger partial charge in [0.2, 0.25) is 0 Å². The quantitative estimate of drug-likeness (QED) is 0.720. The van der Waals surface area contributed by atoms with Crippen molar-refractivity contribution >= 4 is 0 Å². The van der Waals surface area contributed by atoms with Crippen LogP contribution < -0.4 is 5.32 Å². The van der Waals surface area contributed by atoms with Gasteiger partial charge in [0.25, 0.3) is 0 Å². The molecule has 0 radical (unpaired) electrons. The van der Waals surface area contributed by atoms with E-state index in [0.717, 1.165) is 38.6 Å². The molecule has 1 aliphatic heterocycles. The van der Waals surface area contributed by atoms with Gasteiger partial charge in [-0.25, -0.2) is 0 Å². The molecular weight excluding hydrogens is 238 g/mol. The second-order valence-electron chi connectivity index (χ2n) is 6.31. The van der Waals surface area contributed by atoms with E-state index in [9.17, 15) is 0 Å². The predicted molar refractivity (Wildman–Crippen MR) is 78.4 cm³/mol. The van der Waals surface area contributed by atoms with Gasteiger partial charge < -0.3 is 14.8 Å². The molecule has 0 amide bonds. The van der Waals surface area contributed by atoms with Crippen molar-refractivity contribution in [3.05, 3.63) is 0 Å². The van der Waals surface area contributed by atoms with Gasteiger partial charge in [-0.1, -0.05) is 20.3 Å². The van der Waals surface area contributed by atoms with Gasteiger partial charge in [-0.15, -0.1) is 0 Å². The van der Waals surface area contributed by atoms with Crippen molar-refractivity contribution in [1.82, 2.24) is 5.32 Å². The molecule has 0 aromatic rings. The Hall–Kier alpha value is -0.120. The molecule has 1 aliphatic carbocycles. The Balaban J connectivity index is 1.88. The van der Waals surface area contributed by atoms with Gasteiger partial charge >= 0.3 is 0 Å². The second kappa shape index (κ2) is 7.61. The van der Waals surface area contributed by atoms with Gasteiger partial charge in [-0.05, 0) is 51.0 Å². The molecule has 1 N–H and O–H groups in total. The summed E-state index contributed by atoms with van der Waals surface area (Å²) in [5.74, 6) is 0.919. The van der Waals surface area contributed by atoms with Crippen LogP contribution in [0.15, 0.2) is 0 Å². The fourth-order valence-electron chi connectivity index (χ4n) is 3.40. The van der Waals surface area contributed by atoms with E-state index in [4.69, 9.17) is 9.47 Å². The SMILES string of the molecule is CCCNCC1(OC2CCOC2)CCC(CC)CC1. The standard InChI is InChI=1S/C16H31NO2/c1-3-10-17-13-16(19-15-7-11-18-12-15)8-5-14(4-2)6-9-16/h14-15,17H,3-13H2,1-2H3. The Kier molecular flexibility index (Phi) is 6.11. The predicted octanol–water partition coefficient (Wildman–Crippen LogP) is 3.13. The highest BCUT2D eigenvalue weighted by atomic mass is 16.6. The molecule has 3 nitrogen and oxygen atoms in total. The summed E-state index contributed by atoms with van der Waals surface area (Å²) in [5, 5.41) is 3.59. The summed E-state index contributed by atoms with van der Waals surface area (Å²) < 4.78 is 12.0. The summed E-state index contributed by atoms with van der Waals surface area (Å²) in [4.78, 5) is 0. The Bertz CT molecular complexity index is 238. The third kappa shape index (κ3) is 4.44. The van der Waals surface area contributed by atoms with Crippen molar-refractivity contribution in [3.8, 4) is 0 Å². The van der Waals surface area contributed by atoms with Crippen LogP contribution in [0.4, 0.5) is 0 Å². The molecule has 1 unspecified atom stereocenters. The van der Waals surface area contributed by atoms with Crippen molar-refractivity contribution in [2.75, 3.05) is 26.3 Å². The van der Waals surface area contributed by atoms with Crippen molar-refractivity contribution in [2.24, 2.45) is 5.92 Å². The lowest BCUT2D eigenvalue weighted by Crippen LogP contribution is -2.48. The smallest absolute Gasteiger partial charge is 0.0838 e. The summed E-state index contributed by atoms with van der Waals surface area (Å²) in [6.45, 7) is 8.34. The van der Waals surface area contributed by atoms with E-state index < -0.39 is 0 Å². The van der Waals surface area contributed by atoms with Crippen molar-refractivity contribution in [1.29, 1.82) is 0 Å². The fraction of sp³-hybridized carbons (Fsp3) is 1.00. The molecular formula is C16H31NO2. The molecule has 1 heterocycles. The molecule has 2 fully saturated rings. The summed E-state index contributed by atoms with van der Waals surface area (Å²) in [6.07, 6.45) is 9.03. The zero-order valence-electron chi connectivity index (χ0n) is 12.7. The first-order valence-electron chi connectivity index (χ1n) is 8.24. The maximum atomic E-state index is 6.49. The van der Waals surface area contributed by atoms with Gasteiger partial charge in [0.05, 0.1) is 18.3 Å². The average molecular weight is 269 g/mol. The molecule has 0 spiro atoms. The van der Waals surface area contributed by atoms with Crippen LogP contribution in [0.1, 0.15) is 58.8 Å². The molecule has 1 atom stereocenters. The van der Waals surface area contributed by atoms with Gasteiger partial charge in [0.15, 0.2) is 0 Å². The average Bonchev–Trinajstić information content (AvgIpc) is 2.93. The molecule has 0 aromatic carbocycles. The zero-order chi connectivity index (χ0) is 13.6. The lowest BCUT2D eigenvalue weighted by Gasteiger charge is -2.41. The van der Waals surface area contributed by atoms with Gasteiger partial charge in [-0.3, -0.25) is 0 Å². The first-order valence-corrected chi connectivity index (χ1v) is 8.24. The van der Waals surface area contributed by atoms with Crippen LogP contribution in [-0.2, 0) is 9.47 Å². The van der Waals surface area contributed by atoms with Gasteiger partial charge in [0.1, 0.15) is 0 Å². The Morgan fingerprint density at radius 3 is 2.58 bits per heavy atom. The van der Waals surface area contributed by atoms with E-state index in [0.29, 0.717) is 6.10 Å². The summed E-state index contributed by atoms with van der Waals surface area (Å²) in [7, 11) is 0. The highest BCUT2D eigenvalue weighted by Gasteiger charge is 2.38. The van der Waals surface area contributed by atoms with E-state index in [1.807, 2.05) is 0 Å². The van der Waals surface area contributed by atoms with Crippen LogP contribution in [0.25, 0.3) is 0 Å². The minimum absolute atomic E-state index is 0.0825. The number of nitrogens with one attached hydrogen (secondary N) is 1. The lowest BCUT2D eigenvalue weighted by atomic mass is 9.77. The van der Waals surface area contributed by atoms with Crippen LogP contribution in [0.5, 0.6) is 0 Å². The van der Waals surface area contributed by atoms with E-state index in [-0.39, 0.29) is 5.60 Å². The molecule has 0 bridgehead atoms. The van der Waals surface area contributed by atoms with Crippen molar-refractivity contribution in [2.45, 2.75) is 70.5 Å². The van der Waals surface area contributed by atoms with Crippen LogP contribution in [0.3, 0.4) is 0 Å². The van der Waals surface area contributed by atoms with E-state index >= 15 is 0 Å². The van der Waals surface area contributed by atoms with Gasteiger partial charge in [0, 0.05) is 13.2 Å². The first kappa shape index (κ1) is 15.3. The largest absolute Gasteiger partial charge is 0.379 e. The Morgan fingerprint density at radius 2 is 2.00 bits per heavy atom. The normalized spacial score (nSPS) is 35.7. The minimum Gasteiger partial charge on any atom is -0.379 e. The molecule has 0 aromatic heterocycles. The molecule has 1 saturated heterocycles. The maximum Gasteiger partial charge on any atom is 0.0838 e.